The maximum absolute atomic E-state index is 11.0. The minimum atomic E-state index is -0.941. The molecule has 3 heterocycles. The molecule has 0 spiro atoms. The molecule has 0 atom stereocenters. The van der Waals surface area contributed by atoms with Crippen LogP contribution in [0.5, 0.6) is 0 Å². The number of amides is 1. The van der Waals surface area contributed by atoms with Crippen LogP contribution in [-0.2, 0) is 22.5 Å². The van der Waals surface area contributed by atoms with Gasteiger partial charge in [0.1, 0.15) is 11.6 Å². The van der Waals surface area contributed by atoms with Gasteiger partial charge in [-0.15, -0.1) is 4.91 Å². The average Bonchev–Trinajstić information content (AvgIpc) is 2.79. The summed E-state index contributed by atoms with van der Waals surface area (Å²) in [5, 5.41) is 8.51. The monoisotopic (exact) mass is 409 g/mol. The molecule has 0 radical (unpaired) electrons. The fourth-order valence-corrected chi connectivity index (χ4v) is 3.57. The molecule has 2 aliphatic heterocycles. The maximum Gasteiger partial charge on any atom is 0.313 e. The van der Waals surface area contributed by atoms with Gasteiger partial charge in [0.05, 0.1) is 18.9 Å². The van der Waals surface area contributed by atoms with E-state index in [-0.39, 0.29) is 5.82 Å². The summed E-state index contributed by atoms with van der Waals surface area (Å²) in [7, 11) is 0. The van der Waals surface area contributed by atoms with Crippen LogP contribution in [0.1, 0.15) is 11.3 Å². The minimum Gasteiger partial charge on any atom is -0.385 e. The van der Waals surface area contributed by atoms with Gasteiger partial charge < -0.3 is 26.0 Å². The number of benzene rings is 1. The van der Waals surface area contributed by atoms with Gasteiger partial charge in [0.15, 0.2) is 5.82 Å². The number of anilines is 2. The molecule has 1 amide bonds. The number of hydrogen-bond acceptors (Lipinski definition) is 9. The summed E-state index contributed by atoms with van der Waals surface area (Å²) >= 11 is 0. The van der Waals surface area contributed by atoms with Crippen LogP contribution in [0.15, 0.2) is 41.3 Å². The van der Waals surface area contributed by atoms with E-state index in [4.69, 9.17) is 20.4 Å². The molecular formula is C20H23N7O3. The highest BCUT2D eigenvalue weighted by molar-refractivity contribution is 5.89. The number of rotatable bonds is 5. The molecule has 10 nitrogen and oxygen atoms in total. The van der Waals surface area contributed by atoms with Crippen molar-refractivity contribution in [2.75, 3.05) is 43.1 Å². The molecule has 10 heteroatoms. The Balaban J connectivity index is 1.61. The normalized spacial score (nSPS) is 16.7. The van der Waals surface area contributed by atoms with Crippen LogP contribution in [-0.4, -0.2) is 48.7 Å². The first-order valence-corrected chi connectivity index (χ1v) is 9.79. The highest BCUT2D eigenvalue weighted by atomic mass is 16.5. The van der Waals surface area contributed by atoms with Crippen molar-refractivity contribution in [3.8, 4) is 11.4 Å². The molecule has 2 aromatic rings. The predicted octanol–water partition coefficient (Wildman–Crippen LogP) is 1.13. The second kappa shape index (κ2) is 8.97. The number of morpholine rings is 1. The molecule has 1 aromatic carbocycles. The fraction of sp³-hybridized carbons (Fsp3) is 0.350. The van der Waals surface area contributed by atoms with Gasteiger partial charge in [-0.05, 0) is 37.2 Å². The summed E-state index contributed by atoms with van der Waals surface area (Å²) in [6.07, 6.45) is 1.85. The summed E-state index contributed by atoms with van der Waals surface area (Å²) < 4.78 is 5.49. The van der Waals surface area contributed by atoms with Crippen molar-refractivity contribution in [3.05, 3.63) is 52.3 Å². The first kappa shape index (κ1) is 19.9. The number of carbonyl (C=O) groups is 1. The molecule has 0 saturated carbocycles. The highest BCUT2D eigenvalue weighted by Crippen LogP contribution is 2.28. The summed E-state index contributed by atoms with van der Waals surface area (Å²) in [5.41, 5.74) is 9.47. The molecule has 156 valence electrons. The standard InChI is InChI=1S/C20H23N7O3/c21-17(11-18(28)26-29)23-14-3-1-13(2-4-14)19-24-16-12-22-6-5-15(16)20(25-19)27-7-9-30-10-8-27/h1-4,11,22-23H,5-10,12,21H2/b17-11+. The van der Waals surface area contributed by atoms with Crippen LogP contribution in [0.25, 0.3) is 11.4 Å². The van der Waals surface area contributed by atoms with E-state index < -0.39 is 5.91 Å². The van der Waals surface area contributed by atoms with Crippen molar-refractivity contribution in [1.82, 2.24) is 15.3 Å². The van der Waals surface area contributed by atoms with Gasteiger partial charge in [0.2, 0.25) is 0 Å². The van der Waals surface area contributed by atoms with Crippen molar-refractivity contribution in [1.29, 1.82) is 0 Å². The van der Waals surface area contributed by atoms with E-state index >= 15 is 0 Å². The quantitative estimate of drug-likeness (QED) is 0.490. The molecule has 0 aliphatic carbocycles. The Morgan fingerprint density at radius 2 is 2.00 bits per heavy atom. The zero-order chi connectivity index (χ0) is 20.9. The van der Waals surface area contributed by atoms with Gasteiger partial charge in [0.25, 0.3) is 0 Å². The summed E-state index contributed by atoms with van der Waals surface area (Å²) in [4.78, 5) is 33.2. The Bertz CT molecular complexity index is 969. The van der Waals surface area contributed by atoms with E-state index in [9.17, 15) is 9.70 Å². The van der Waals surface area contributed by atoms with Crippen LogP contribution in [0, 0.1) is 4.91 Å². The third-order valence-electron chi connectivity index (χ3n) is 5.03. The van der Waals surface area contributed by atoms with Gasteiger partial charge in [0, 0.05) is 47.7 Å². The van der Waals surface area contributed by atoms with E-state index in [1.807, 2.05) is 24.3 Å². The van der Waals surface area contributed by atoms with Crippen LogP contribution in [0.4, 0.5) is 11.5 Å². The molecule has 30 heavy (non-hydrogen) atoms. The van der Waals surface area contributed by atoms with Gasteiger partial charge >= 0.3 is 5.91 Å². The molecule has 1 saturated heterocycles. The molecule has 1 aromatic heterocycles. The topological polar surface area (TPSA) is 135 Å². The zero-order valence-electron chi connectivity index (χ0n) is 16.4. The van der Waals surface area contributed by atoms with Crippen molar-refractivity contribution in [2.45, 2.75) is 13.0 Å². The average molecular weight is 409 g/mol. The van der Waals surface area contributed by atoms with Gasteiger partial charge in [-0.1, -0.05) is 0 Å². The zero-order valence-corrected chi connectivity index (χ0v) is 16.4. The van der Waals surface area contributed by atoms with Crippen molar-refractivity contribution < 1.29 is 9.53 Å². The van der Waals surface area contributed by atoms with Gasteiger partial charge in [-0.25, -0.2) is 9.97 Å². The minimum absolute atomic E-state index is 0.0399. The summed E-state index contributed by atoms with van der Waals surface area (Å²) in [6.45, 7) is 4.68. The first-order valence-electron chi connectivity index (χ1n) is 9.79. The van der Waals surface area contributed by atoms with Gasteiger partial charge in [-0.2, -0.15) is 0 Å². The lowest BCUT2D eigenvalue weighted by Gasteiger charge is -2.31. The predicted molar refractivity (Wildman–Crippen MR) is 113 cm³/mol. The van der Waals surface area contributed by atoms with E-state index in [1.165, 1.54) is 5.56 Å². The molecule has 4 rings (SSSR count). The Hall–Kier alpha value is -3.37. The second-order valence-electron chi connectivity index (χ2n) is 7.05. The van der Waals surface area contributed by atoms with Crippen LogP contribution >= 0.6 is 0 Å². The molecule has 0 bridgehead atoms. The van der Waals surface area contributed by atoms with E-state index in [0.717, 1.165) is 55.8 Å². The largest absolute Gasteiger partial charge is 0.385 e. The molecule has 2 aliphatic rings. The van der Waals surface area contributed by atoms with E-state index in [0.29, 0.717) is 24.7 Å². The third kappa shape index (κ3) is 4.44. The fourth-order valence-electron chi connectivity index (χ4n) is 3.57. The van der Waals surface area contributed by atoms with Crippen LogP contribution in [0.3, 0.4) is 0 Å². The van der Waals surface area contributed by atoms with Crippen molar-refractivity contribution in [2.24, 2.45) is 10.9 Å². The van der Waals surface area contributed by atoms with E-state index in [2.05, 4.69) is 20.7 Å². The van der Waals surface area contributed by atoms with E-state index in [1.54, 1.807) is 0 Å². The summed E-state index contributed by atoms with van der Waals surface area (Å²) in [5.74, 6) is 0.754. The number of aromatic nitrogens is 2. The number of nitroso groups, excluding NO2 is 1. The number of carbonyl (C=O) groups excluding carboxylic acids is 1. The van der Waals surface area contributed by atoms with Crippen molar-refractivity contribution >= 4 is 17.4 Å². The highest BCUT2D eigenvalue weighted by Gasteiger charge is 2.23. The lowest BCUT2D eigenvalue weighted by molar-refractivity contribution is -0.113. The molecule has 1 fully saturated rings. The van der Waals surface area contributed by atoms with Crippen LogP contribution < -0.4 is 21.3 Å². The Morgan fingerprint density at radius 1 is 1.23 bits per heavy atom. The lowest BCUT2D eigenvalue weighted by Crippen LogP contribution is -2.39. The first-order chi connectivity index (χ1) is 14.6. The maximum atomic E-state index is 11.0. The molecular weight excluding hydrogens is 386 g/mol. The third-order valence-corrected chi connectivity index (χ3v) is 5.03. The molecule has 4 N–H and O–H groups in total. The number of ether oxygens (including phenoxy) is 1. The Morgan fingerprint density at radius 3 is 2.73 bits per heavy atom. The summed E-state index contributed by atoms with van der Waals surface area (Å²) in [6, 6.07) is 7.39. The number of hydrogen-bond donors (Lipinski definition) is 3. The Kier molecular flexibility index (Phi) is 5.96. The van der Waals surface area contributed by atoms with Crippen molar-refractivity contribution in [3.63, 3.8) is 0 Å². The lowest BCUT2D eigenvalue weighted by atomic mass is 10.1. The number of fused-ring (bicyclic) bond motifs is 1. The number of nitrogens with two attached hydrogens (primary N) is 1. The molecule has 0 unspecified atom stereocenters. The Labute approximate surface area is 173 Å². The smallest absolute Gasteiger partial charge is 0.313 e. The van der Waals surface area contributed by atoms with Gasteiger partial charge in [-0.3, -0.25) is 4.79 Å². The second-order valence-corrected chi connectivity index (χ2v) is 7.05. The van der Waals surface area contributed by atoms with Crippen LogP contribution in [0.2, 0.25) is 0 Å². The number of nitrogens with one attached hydrogen (secondary N) is 2. The SMILES string of the molecule is N/C(=C\C(=O)N=O)Nc1ccc(-c2nc3c(c(N4CCOCC4)n2)CCNC3)cc1. The number of nitrogens with zero attached hydrogens (tertiary/aromatic N) is 4.